The number of nitrogens with one attached hydrogen (secondary N) is 1. The Kier molecular flexibility index (Phi) is 6.87. The van der Waals surface area contributed by atoms with Gasteiger partial charge in [-0.05, 0) is 49.1 Å². The maximum absolute atomic E-state index is 12.9. The van der Waals surface area contributed by atoms with E-state index in [1.54, 1.807) is 7.11 Å². The van der Waals surface area contributed by atoms with E-state index in [4.69, 9.17) is 4.74 Å². The van der Waals surface area contributed by atoms with Gasteiger partial charge in [0, 0.05) is 45.9 Å². The average Bonchev–Trinajstić information content (AvgIpc) is 2.94. The van der Waals surface area contributed by atoms with Crippen molar-refractivity contribution in [2.75, 3.05) is 44.5 Å². The normalized spacial score (nSPS) is 17.1. The van der Waals surface area contributed by atoms with Gasteiger partial charge in [-0.15, -0.1) is 0 Å². The van der Waals surface area contributed by atoms with Crippen LogP contribution in [0.1, 0.15) is 35.2 Å². The summed E-state index contributed by atoms with van der Waals surface area (Å²) in [4.78, 5) is 21.3. The zero-order chi connectivity index (χ0) is 19.9. The van der Waals surface area contributed by atoms with Crippen LogP contribution in [0.3, 0.4) is 0 Å². The molecule has 3 rings (SSSR count). The van der Waals surface area contributed by atoms with Gasteiger partial charge in [-0.3, -0.25) is 4.79 Å². The Morgan fingerprint density at radius 1 is 1.25 bits per heavy atom. The van der Waals surface area contributed by atoms with Crippen LogP contribution in [0.15, 0.2) is 42.6 Å². The lowest BCUT2D eigenvalue weighted by Gasteiger charge is -2.21. The van der Waals surface area contributed by atoms with Gasteiger partial charge in [0.1, 0.15) is 5.82 Å². The van der Waals surface area contributed by atoms with Gasteiger partial charge >= 0.3 is 0 Å². The molecule has 0 saturated carbocycles. The molecule has 150 valence electrons. The smallest absolute Gasteiger partial charge is 0.253 e. The van der Waals surface area contributed by atoms with Crippen LogP contribution in [0.2, 0.25) is 0 Å². The molecule has 28 heavy (non-hydrogen) atoms. The number of rotatable bonds is 6. The number of hydrogen-bond acceptors (Lipinski definition) is 5. The Morgan fingerprint density at radius 3 is 2.82 bits per heavy atom. The summed E-state index contributed by atoms with van der Waals surface area (Å²) in [5.41, 5.74) is 2.79. The topological polar surface area (TPSA) is 57.7 Å². The highest BCUT2D eigenvalue weighted by Gasteiger charge is 2.22. The maximum Gasteiger partial charge on any atom is 0.253 e. The second kappa shape index (κ2) is 9.55. The first-order chi connectivity index (χ1) is 13.6. The summed E-state index contributed by atoms with van der Waals surface area (Å²) in [5.74, 6) is 1.05. The van der Waals surface area contributed by atoms with E-state index in [0.717, 1.165) is 55.0 Å². The lowest BCUT2D eigenvalue weighted by Crippen LogP contribution is -2.32. The summed E-state index contributed by atoms with van der Waals surface area (Å²) < 4.78 is 5.18. The summed E-state index contributed by atoms with van der Waals surface area (Å²) in [7, 11) is 5.63. The van der Waals surface area contributed by atoms with E-state index in [-0.39, 0.29) is 5.91 Å². The Labute approximate surface area is 167 Å². The molecule has 6 heteroatoms. The molecule has 1 unspecified atom stereocenters. The standard InChI is InChI=1S/C22H30N4O2/c1-25(2)21-10-9-20(15-23-21)24-19-8-5-12-26(13-11-19)22(27)18-7-4-6-17(14-18)16-28-3/h4,6-7,9-10,14-15,19,24H,5,8,11-13,16H2,1-3H3. The van der Waals surface area contributed by atoms with Crippen molar-refractivity contribution in [3.63, 3.8) is 0 Å². The molecule has 1 atom stereocenters. The van der Waals surface area contributed by atoms with E-state index < -0.39 is 0 Å². The Balaban J connectivity index is 1.58. The zero-order valence-corrected chi connectivity index (χ0v) is 17.0. The van der Waals surface area contributed by atoms with Crippen LogP contribution >= 0.6 is 0 Å². The van der Waals surface area contributed by atoms with Crippen molar-refractivity contribution >= 4 is 17.4 Å². The van der Waals surface area contributed by atoms with Gasteiger partial charge < -0.3 is 19.9 Å². The predicted molar refractivity (Wildman–Crippen MR) is 113 cm³/mol. The van der Waals surface area contributed by atoms with Gasteiger partial charge in [0.2, 0.25) is 0 Å². The summed E-state index contributed by atoms with van der Waals surface area (Å²) in [6.45, 7) is 2.07. The van der Waals surface area contributed by atoms with Crippen molar-refractivity contribution in [3.05, 3.63) is 53.7 Å². The molecule has 0 aliphatic carbocycles. The SMILES string of the molecule is COCc1cccc(C(=O)N2CCCC(Nc3ccc(N(C)C)nc3)CC2)c1. The number of likely N-dealkylation sites (tertiary alicyclic amines) is 1. The highest BCUT2D eigenvalue weighted by Crippen LogP contribution is 2.20. The molecular formula is C22H30N4O2. The fraction of sp³-hybridized carbons (Fsp3) is 0.455. The number of carbonyl (C=O) groups excluding carboxylic acids is 1. The molecule has 0 spiro atoms. The predicted octanol–water partition coefficient (Wildman–Crippen LogP) is 3.40. The van der Waals surface area contributed by atoms with E-state index in [0.29, 0.717) is 12.6 Å². The third-order valence-corrected chi connectivity index (χ3v) is 5.08. The monoisotopic (exact) mass is 382 g/mol. The van der Waals surface area contributed by atoms with Gasteiger partial charge in [0.25, 0.3) is 5.91 Å². The molecule has 1 saturated heterocycles. The van der Waals surface area contributed by atoms with Crippen LogP contribution in [0.4, 0.5) is 11.5 Å². The second-order valence-electron chi connectivity index (χ2n) is 7.50. The number of amides is 1. The van der Waals surface area contributed by atoms with Gasteiger partial charge in [0.05, 0.1) is 18.5 Å². The molecule has 1 fully saturated rings. The number of anilines is 2. The summed E-state index contributed by atoms with van der Waals surface area (Å²) in [6.07, 6.45) is 4.84. The maximum atomic E-state index is 12.9. The van der Waals surface area contributed by atoms with Crippen LogP contribution in [-0.2, 0) is 11.3 Å². The summed E-state index contributed by atoms with van der Waals surface area (Å²) in [6, 6.07) is 12.2. The van der Waals surface area contributed by atoms with Gasteiger partial charge in [0.15, 0.2) is 0 Å². The number of methoxy groups -OCH3 is 1. The molecule has 0 bridgehead atoms. The Bertz CT molecular complexity index is 776. The number of aromatic nitrogens is 1. The minimum Gasteiger partial charge on any atom is -0.381 e. The molecule has 1 amide bonds. The van der Waals surface area contributed by atoms with Crippen LogP contribution in [0.25, 0.3) is 0 Å². The fourth-order valence-corrected chi connectivity index (χ4v) is 3.56. The van der Waals surface area contributed by atoms with Crippen LogP contribution in [0, 0.1) is 0 Å². The first-order valence-corrected chi connectivity index (χ1v) is 9.84. The average molecular weight is 383 g/mol. The first kappa shape index (κ1) is 20.1. The van der Waals surface area contributed by atoms with Crippen molar-refractivity contribution in [1.29, 1.82) is 0 Å². The van der Waals surface area contributed by atoms with Crippen molar-refractivity contribution in [2.45, 2.75) is 31.9 Å². The molecule has 6 nitrogen and oxygen atoms in total. The Morgan fingerprint density at radius 2 is 2.11 bits per heavy atom. The quantitative estimate of drug-likeness (QED) is 0.830. The molecule has 2 heterocycles. The van der Waals surface area contributed by atoms with E-state index in [9.17, 15) is 4.79 Å². The number of pyridine rings is 1. The van der Waals surface area contributed by atoms with Gasteiger partial charge in [-0.1, -0.05) is 12.1 Å². The Hall–Kier alpha value is -2.60. The van der Waals surface area contributed by atoms with Gasteiger partial charge in [-0.2, -0.15) is 0 Å². The van der Waals surface area contributed by atoms with E-state index >= 15 is 0 Å². The highest BCUT2D eigenvalue weighted by atomic mass is 16.5. The third kappa shape index (κ3) is 5.23. The molecule has 1 aromatic heterocycles. The molecule has 2 aromatic rings. The van der Waals surface area contributed by atoms with Crippen LogP contribution < -0.4 is 10.2 Å². The van der Waals surface area contributed by atoms with E-state index in [2.05, 4.69) is 16.4 Å². The minimum atomic E-state index is 0.107. The van der Waals surface area contributed by atoms with Crippen molar-refractivity contribution in [1.82, 2.24) is 9.88 Å². The number of ether oxygens (including phenoxy) is 1. The molecule has 1 aromatic carbocycles. The molecule has 1 N–H and O–H groups in total. The molecule has 1 aliphatic heterocycles. The van der Waals surface area contributed by atoms with Crippen molar-refractivity contribution in [3.8, 4) is 0 Å². The number of benzene rings is 1. The fourth-order valence-electron chi connectivity index (χ4n) is 3.56. The zero-order valence-electron chi connectivity index (χ0n) is 17.0. The molecule has 0 radical (unpaired) electrons. The van der Waals surface area contributed by atoms with Crippen LogP contribution in [0.5, 0.6) is 0 Å². The number of nitrogens with zero attached hydrogens (tertiary/aromatic N) is 3. The van der Waals surface area contributed by atoms with Gasteiger partial charge in [-0.25, -0.2) is 4.98 Å². The lowest BCUT2D eigenvalue weighted by molar-refractivity contribution is 0.0761. The third-order valence-electron chi connectivity index (χ3n) is 5.08. The van der Waals surface area contributed by atoms with E-state index in [1.807, 2.05) is 60.4 Å². The van der Waals surface area contributed by atoms with Crippen molar-refractivity contribution < 1.29 is 9.53 Å². The number of carbonyl (C=O) groups is 1. The first-order valence-electron chi connectivity index (χ1n) is 9.84. The van der Waals surface area contributed by atoms with Crippen molar-refractivity contribution in [2.24, 2.45) is 0 Å². The lowest BCUT2D eigenvalue weighted by atomic mass is 10.1. The summed E-state index contributed by atoms with van der Waals surface area (Å²) in [5, 5.41) is 3.58. The largest absolute Gasteiger partial charge is 0.381 e. The summed E-state index contributed by atoms with van der Waals surface area (Å²) >= 11 is 0. The second-order valence-corrected chi connectivity index (χ2v) is 7.50. The van der Waals surface area contributed by atoms with E-state index in [1.165, 1.54) is 0 Å². The number of hydrogen-bond donors (Lipinski definition) is 1. The molecular weight excluding hydrogens is 352 g/mol. The van der Waals surface area contributed by atoms with Crippen LogP contribution in [-0.4, -0.2) is 56.1 Å². The minimum absolute atomic E-state index is 0.107. The highest BCUT2D eigenvalue weighted by molar-refractivity contribution is 5.94. The molecule has 1 aliphatic rings.